The highest BCUT2D eigenvalue weighted by Gasteiger charge is 2.18. The lowest BCUT2D eigenvalue weighted by atomic mass is 10.0. The van der Waals surface area contributed by atoms with E-state index in [1.165, 1.54) is 12.8 Å². The van der Waals surface area contributed by atoms with E-state index in [1.807, 2.05) is 0 Å². The summed E-state index contributed by atoms with van der Waals surface area (Å²) in [5.41, 5.74) is 0.262. The van der Waals surface area contributed by atoms with Gasteiger partial charge in [0.25, 0.3) is 0 Å². The smallest absolute Gasteiger partial charge is 0.0271 e. The first-order chi connectivity index (χ1) is 6.36. The van der Waals surface area contributed by atoms with Crippen molar-refractivity contribution in [2.24, 2.45) is 5.92 Å². The van der Waals surface area contributed by atoms with Crippen LogP contribution in [0.15, 0.2) is 0 Å². The van der Waals surface area contributed by atoms with Gasteiger partial charge in [0.05, 0.1) is 0 Å². The topological polar surface area (TPSA) is 15.3 Å². The molecule has 0 spiro atoms. The fourth-order valence-electron chi connectivity index (χ4n) is 1.19. The standard InChI is InChI=1S/C12H28N2/c1-11(2)8-7-9-13-10-12(3,4)14(5)6/h11,13H,7-10H2,1-6H3. The van der Waals surface area contributed by atoms with Crippen molar-refractivity contribution in [1.82, 2.24) is 10.2 Å². The van der Waals surface area contributed by atoms with Gasteiger partial charge >= 0.3 is 0 Å². The van der Waals surface area contributed by atoms with Crippen LogP contribution >= 0.6 is 0 Å². The Balaban J connectivity index is 3.45. The van der Waals surface area contributed by atoms with Crippen LogP contribution in [0.5, 0.6) is 0 Å². The summed E-state index contributed by atoms with van der Waals surface area (Å²) in [6, 6.07) is 0. The maximum Gasteiger partial charge on any atom is 0.0271 e. The quantitative estimate of drug-likeness (QED) is 0.635. The van der Waals surface area contributed by atoms with Crippen molar-refractivity contribution in [1.29, 1.82) is 0 Å². The van der Waals surface area contributed by atoms with Crippen molar-refractivity contribution in [3.63, 3.8) is 0 Å². The number of hydrogen-bond donors (Lipinski definition) is 1. The van der Waals surface area contributed by atoms with Gasteiger partial charge in [0.2, 0.25) is 0 Å². The second kappa shape index (κ2) is 6.41. The molecule has 0 amide bonds. The third kappa shape index (κ3) is 6.39. The largest absolute Gasteiger partial charge is 0.315 e. The molecule has 0 aliphatic rings. The third-order valence-corrected chi connectivity index (χ3v) is 2.90. The van der Waals surface area contributed by atoms with E-state index in [2.05, 4.69) is 52.0 Å². The first-order valence-electron chi connectivity index (χ1n) is 5.74. The molecule has 0 heterocycles. The van der Waals surface area contributed by atoms with Crippen LogP contribution in [0, 0.1) is 5.92 Å². The maximum atomic E-state index is 3.52. The minimum atomic E-state index is 0.262. The summed E-state index contributed by atoms with van der Waals surface area (Å²) >= 11 is 0. The Morgan fingerprint density at radius 2 is 1.79 bits per heavy atom. The Morgan fingerprint density at radius 3 is 2.21 bits per heavy atom. The van der Waals surface area contributed by atoms with E-state index < -0.39 is 0 Å². The van der Waals surface area contributed by atoms with Crippen molar-refractivity contribution in [2.75, 3.05) is 27.2 Å². The van der Waals surface area contributed by atoms with Crippen LogP contribution in [0.1, 0.15) is 40.5 Å². The highest BCUT2D eigenvalue weighted by atomic mass is 15.2. The summed E-state index contributed by atoms with van der Waals surface area (Å²) in [5, 5.41) is 3.52. The molecule has 2 heteroatoms. The number of hydrogen-bond acceptors (Lipinski definition) is 2. The Hall–Kier alpha value is -0.0800. The predicted octanol–water partition coefficient (Wildman–Crippen LogP) is 2.35. The van der Waals surface area contributed by atoms with E-state index in [0.29, 0.717) is 0 Å². The van der Waals surface area contributed by atoms with Gasteiger partial charge in [-0.05, 0) is 53.2 Å². The maximum absolute atomic E-state index is 3.52. The van der Waals surface area contributed by atoms with Crippen molar-refractivity contribution in [2.45, 2.75) is 46.1 Å². The Kier molecular flexibility index (Phi) is 6.38. The Bertz CT molecular complexity index is 139. The molecular formula is C12H28N2. The minimum Gasteiger partial charge on any atom is -0.315 e. The molecule has 0 aliphatic carbocycles. The first-order valence-corrected chi connectivity index (χ1v) is 5.74. The average molecular weight is 200 g/mol. The van der Waals surface area contributed by atoms with Gasteiger partial charge in [0, 0.05) is 12.1 Å². The van der Waals surface area contributed by atoms with Crippen molar-refractivity contribution in [3.05, 3.63) is 0 Å². The highest BCUT2D eigenvalue weighted by molar-refractivity contribution is 4.79. The van der Waals surface area contributed by atoms with Crippen LogP contribution in [-0.2, 0) is 0 Å². The Labute approximate surface area is 90.1 Å². The zero-order chi connectivity index (χ0) is 11.2. The Morgan fingerprint density at radius 1 is 1.21 bits per heavy atom. The van der Waals surface area contributed by atoms with Crippen LogP contribution in [0.2, 0.25) is 0 Å². The summed E-state index contributed by atoms with van der Waals surface area (Å²) in [4.78, 5) is 2.27. The normalized spacial score (nSPS) is 12.9. The summed E-state index contributed by atoms with van der Waals surface area (Å²) < 4.78 is 0. The van der Waals surface area contributed by atoms with E-state index in [1.54, 1.807) is 0 Å². The van der Waals surface area contributed by atoms with Gasteiger partial charge in [0.1, 0.15) is 0 Å². The molecule has 0 saturated heterocycles. The molecule has 0 saturated carbocycles. The minimum absolute atomic E-state index is 0.262. The van der Waals surface area contributed by atoms with E-state index in [0.717, 1.165) is 19.0 Å². The predicted molar refractivity (Wildman–Crippen MR) is 64.7 cm³/mol. The van der Waals surface area contributed by atoms with Crippen molar-refractivity contribution >= 4 is 0 Å². The van der Waals surface area contributed by atoms with Crippen molar-refractivity contribution in [3.8, 4) is 0 Å². The van der Waals surface area contributed by atoms with E-state index in [9.17, 15) is 0 Å². The second-order valence-electron chi connectivity index (χ2n) is 5.42. The average Bonchev–Trinajstić information content (AvgIpc) is 2.02. The molecule has 1 N–H and O–H groups in total. The molecule has 0 atom stereocenters. The van der Waals surface area contributed by atoms with Gasteiger partial charge in [-0.2, -0.15) is 0 Å². The second-order valence-corrected chi connectivity index (χ2v) is 5.42. The van der Waals surface area contributed by atoms with Gasteiger partial charge < -0.3 is 10.2 Å². The first kappa shape index (κ1) is 13.9. The van der Waals surface area contributed by atoms with Gasteiger partial charge in [-0.25, -0.2) is 0 Å². The lowest BCUT2D eigenvalue weighted by Gasteiger charge is -2.32. The molecule has 14 heavy (non-hydrogen) atoms. The molecule has 0 radical (unpaired) electrons. The number of likely N-dealkylation sites (N-methyl/N-ethyl adjacent to an activating group) is 1. The van der Waals surface area contributed by atoms with Crippen LogP contribution < -0.4 is 5.32 Å². The molecule has 86 valence electrons. The van der Waals surface area contributed by atoms with Gasteiger partial charge in [-0.3, -0.25) is 0 Å². The molecular weight excluding hydrogens is 172 g/mol. The molecule has 2 nitrogen and oxygen atoms in total. The number of rotatable bonds is 7. The molecule has 0 aliphatic heterocycles. The summed E-state index contributed by atoms with van der Waals surface area (Å²) in [6.45, 7) is 11.3. The lowest BCUT2D eigenvalue weighted by molar-refractivity contribution is 0.190. The zero-order valence-electron chi connectivity index (χ0n) is 10.9. The molecule has 0 aromatic heterocycles. The van der Waals surface area contributed by atoms with Crippen molar-refractivity contribution < 1.29 is 0 Å². The number of nitrogens with zero attached hydrogens (tertiary/aromatic N) is 1. The van der Waals surface area contributed by atoms with E-state index in [-0.39, 0.29) is 5.54 Å². The fourth-order valence-corrected chi connectivity index (χ4v) is 1.19. The highest BCUT2D eigenvalue weighted by Crippen LogP contribution is 2.08. The van der Waals surface area contributed by atoms with Gasteiger partial charge in [0.15, 0.2) is 0 Å². The molecule has 0 bridgehead atoms. The molecule has 0 fully saturated rings. The zero-order valence-corrected chi connectivity index (χ0v) is 10.9. The third-order valence-electron chi connectivity index (χ3n) is 2.90. The van der Waals surface area contributed by atoms with E-state index >= 15 is 0 Å². The molecule has 0 unspecified atom stereocenters. The number of nitrogens with one attached hydrogen (secondary N) is 1. The van der Waals surface area contributed by atoms with Gasteiger partial charge in [-0.1, -0.05) is 13.8 Å². The summed E-state index contributed by atoms with van der Waals surface area (Å²) in [7, 11) is 4.27. The summed E-state index contributed by atoms with van der Waals surface area (Å²) in [5.74, 6) is 0.832. The SMILES string of the molecule is CC(C)CCCNCC(C)(C)N(C)C. The monoisotopic (exact) mass is 200 g/mol. The van der Waals surface area contributed by atoms with Gasteiger partial charge in [-0.15, -0.1) is 0 Å². The van der Waals surface area contributed by atoms with E-state index in [4.69, 9.17) is 0 Å². The molecule has 0 aromatic carbocycles. The van der Waals surface area contributed by atoms with Crippen LogP contribution in [0.25, 0.3) is 0 Å². The lowest BCUT2D eigenvalue weighted by Crippen LogP contribution is -2.46. The molecule has 0 aromatic rings. The van der Waals surface area contributed by atoms with Crippen LogP contribution in [0.4, 0.5) is 0 Å². The molecule has 0 rings (SSSR count). The fraction of sp³-hybridized carbons (Fsp3) is 1.00. The summed E-state index contributed by atoms with van der Waals surface area (Å²) in [6.07, 6.45) is 2.62. The van der Waals surface area contributed by atoms with Crippen LogP contribution in [-0.4, -0.2) is 37.6 Å². The van der Waals surface area contributed by atoms with Crippen LogP contribution in [0.3, 0.4) is 0 Å².